The number of halogens is 1. The molecule has 1 fully saturated rings. The van der Waals surface area contributed by atoms with Gasteiger partial charge < -0.3 is 4.52 Å². The van der Waals surface area contributed by atoms with E-state index in [1.165, 1.54) is 12.8 Å². The quantitative estimate of drug-likeness (QED) is 0.396. The molecule has 0 N–H and O–H groups in total. The number of nitrogens with zero attached hydrogens (tertiary/aromatic N) is 5. The van der Waals surface area contributed by atoms with Crippen molar-refractivity contribution >= 4 is 34.7 Å². The maximum Gasteiger partial charge on any atom is 0.259 e. The Bertz CT molecular complexity index is 1070. The van der Waals surface area contributed by atoms with Crippen LogP contribution in [0.15, 0.2) is 51.5 Å². The van der Waals surface area contributed by atoms with Gasteiger partial charge in [-0.2, -0.15) is 4.98 Å². The van der Waals surface area contributed by atoms with Crippen LogP contribution in [0, 0.1) is 0 Å². The third-order valence-corrected chi connectivity index (χ3v) is 6.36. The molecular weight excluding hydrogens is 402 g/mol. The molecule has 9 heteroatoms. The average Bonchev–Trinajstić information content (AvgIpc) is 3.10. The molecule has 3 aromatic heterocycles. The van der Waals surface area contributed by atoms with Crippen LogP contribution in [0.2, 0.25) is 5.02 Å². The Morgan fingerprint density at radius 2 is 2.07 bits per heavy atom. The lowest BCUT2D eigenvalue weighted by atomic mass is 10.2. The molecule has 0 bridgehead atoms. The van der Waals surface area contributed by atoms with E-state index in [1.807, 2.05) is 24.3 Å². The first kappa shape index (κ1) is 17.0. The predicted octanol–water partition coefficient (Wildman–Crippen LogP) is 5.34. The highest BCUT2D eigenvalue weighted by atomic mass is 35.5. The number of aromatic nitrogens is 5. The first-order valence-corrected chi connectivity index (χ1v) is 10.7. The van der Waals surface area contributed by atoms with Crippen molar-refractivity contribution in [1.82, 2.24) is 24.9 Å². The van der Waals surface area contributed by atoms with E-state index >= 15 is 0 Å². The molecule has 4 aromatic rings. The van der Waals surface area contributed by atoms with Crippen molar-refractivity contribution in [2.75, 3.05) is 0 Å². The summed E-state index contributed by atoms with van der Waals surface area (Å²) in [4.78, 5) is 5.61. The Morgan fingerprint density at radius 3 is 2.85 bits per heavy atom. The normalized spacial score (nSPS) is 14.0. The van der Waals surface area contributed by atoms with Crippen LogP contribution in [0.25, 0.3) is 22.2 Å². The number of hydrogen-bond acceptors (Lipinski definition) is 7. The average molecular weight is 416 g/mol. The first-order chi connectivity index (χ1) is 13.3. The molecule has 0 aliphatic heterocycles. The molecule has 1 aliphatic rings. The zero-order valence-electron chi connectivity index (χ0n) is 14.1. The highest BCUT2D eigenvalue weighted by Crippen LogP contribution is 2.42. The van der Waals surface area contributed by atoms with Crippen molar-refractivity contribution in [3.05, 3.63) is 52.6 Å². The smallest absolute Gasteiger partial charge is 0.259 e. The van der Waals surface area contributed by atoms with Gasteiger partial charge in [0, 0.05) is 6.04 Å². The summed E-state index contributed by atoms with van der Waals surface area (Å²) in [6.07, 6.45) is 2.34. The van der Waals surface area contributed by atoms with E-state index in [1.54, 1.807) is 29.2 Å². The van der Waals surface area contributed by atoms with Crippen LogP contribution in [0.3, 0.4) is 0 Å². The van der Waals surface area contributed by atoms with Crippen LogP contribution in [-0.2, 0) is 5.75 Å². The van der Waals surface area contributed by atoms with Gasteiger partial charge in [0.25, 0.3) is 5.89 Å². The van der Waals surface area contributed by atoms with Gasteiger partial charge in [0.05, 0.1) is 21.2 Å². The Morgan fingerprint density at radius 1 is 1.19 bits per heavy atom. The monoisotopic (exact) mass is 415 g/mol. The van der Waals surface area contributed by atoms with Gasteiger partial charge in [-0.25, -0.2) is 0 Å². The molecular formula is C18H14ClN5OS2. The molecule has 3 heterocycles. The second kappa shape index (κ2) is 7.10. The molecule has 0 radical (unpaired) electrons. The van der Waals surface area contributed by atoms with Crippen LogP contribution in [-0.4, -0.2) is 24.9 Å². The SMILES string of the molecule is Clc1ccccc1-c1nc(CSc2nnc(-c3cccs3)n2C2CC2)no1. The Hall–Kier alpha value is -2.16. The summed E-state index contributed by atoms with van der Waals surface area (Å²) >= 11 is 9.46. The van der Waals surface area contributed by atoms with Gasteiger partial charge in [-0.05, 0) is 36.4 Å². The lowest BCUT2D eigenvalue weighted by Crippen LogP contribution is -1.99. The van der Waals surface area contributed by atoms with E-state index in [-0.39, 0.29) is 0 Å². The maximum atomic E-state index is 6.20. The van der Waals surface area contributed by atoms with Crippen LogP contribution < -0.4 is 0 Å². The molecule has 27 heavy (non-hydrogen) atoms. The summed E-state index contributed by atoms with van der Waals surface area (Å²) in [6.45, 7) is 0. The molecule has 0 unspecified atom stereocenters. The summed E-state index contributed by atoms with van der Waals surface area (Å²) in [6, 6.07) is 12.0. The molecule has 0 amide bonds. The van der Waals surface area contributed by atoms with Gasteiger partial charge in [-0.1, -0.05) is 46.7 Å². The van der Waals surface area contributed by atoms with Crippen LogP contribution in [0.5, 0.6) is 0 Å². The van der Waals surface area contributed by atoms with E-state index in [9.17, 15) is 0 Å². The third-order valence-electron chi connectivity index (χ3n) is 4.22. The number of rotatable bonds is 6. The largest absolute Gasteiger partial charge is 0.334 e. The van der Waals surface area contributed by atoms with E-state index < -0.39 is 0 Å². The first-order valence-electron chi connectivity index (χ1n) is 8.48. The molecule has 5 rings (SSSR count). The standard InChI is InChI=1S/C18H14ClN5OS2/c19-13-5-2-1-4-12(13)17-20-15(23-25-17)10-27-18-22-21-16(14-6-3-9-26-14)24(18)11-7-8-11/h1-6,9,11H,7-8,10H2. The highest BCUT2D eigenvalue weighted by Gasteiger charge is 2.30. The predicted molar refractivity (Wildman–Crippen MR) is 106 cm³/mol. The van der Waals surface area contributed by atoms with E-state index in [0.29, 0.717) is 28.5 Å². The van der Waals surface area contributed by atoms with Crippen LogP contribution in [0.4, 0.5) is 0 Å². The molecule has 1 saturated carbocycles. The summed E-state index contributed by atoms with van der Waals surface area (Å²) in [5, 5.41) is 16.4. The van der Waals surface area contributed by atoms with E-state index in [2.05, 4.69) is 36.4 Å². The second-order valence-corrected chi connectivity index (χ2v) is 8.47. The van der Waals surface area contributed by atoms with Crippen molar-refractivity contribution in [2.45, 2.75) is 29.8 Å². The summed E-state index contributed by atoms with van der Waals surface area (Å²) in [7, 11) is 0. The zero-order chi connectivity index (χ0) is 18.2. The van der Waals surface area contributed by atoms with Crippen molar-refractivity contribution in [3.63, 3.8) is 0 Å². The molecule has 0 saturated heterocycles. The second-order valence-electron chi connectivity index (χ2n) is 6.17. The van der Waals surface area contributed by atoms with Crippen molar-refractivity contribution < 1.29 is 4.52 Å². The zero-order valence-corrected chi connectivity index (χ0v) is 16.5. The maximum absolute atomic E-state index is 6.20. The minimum Gasteiger partial charge on any atom is -0.334 e. The molecule has 6 nitrogen and oxygen atoms in total. The molecule has 1 aliphatic carbocycles. The fourth-order valence-corrected chi connectivity index (χ4v) is 4.57. The number of thiophene rings is 1. The summed E-state index contributed by atoms with van der Waals surface area (Å²) in [5.74, 6) is 2.54. The number of hydrogen-bond donors (Lipinski definition) is 0. The van der Waals surface area contributed by atoms with Crippen LogP contribution in [0.1, 0.15) is 24.7 Å². The van der Waals surface area contributed by atoms with Gasteiger partial charge >= 0.3 is 0 Å². The Balaban J connectivity index is 1.36. The molecule has 136 valence electrons. The lowest BCUT2D eigenvalue weighted by Gasteiger charge is -2.06. The minimum atomic E-state index is 0.430. The third kappa shape index (κ3) is 3.40. The Labute approximate surface area is 168 Å². The molecule has 1 aromatic carbocycles. The van der Waals surface area contributed by atoms with Crippen molar-refractivity contribution in [3.8, 4) is 22.2 Å². The molecule has 0 atom stereocenters. The van der Waals surface area contributed by atoms with Gasteiger partial charge in [0.15, 0.2) is 16.8 Å². The van der Waals surface area contributed by atoms with Crippen LogP contribution >= 0.6 is 34.7 Å². The van der Waals surface area contributed by atoms with Gasteiger partial charge in [-0.15, -0.1) is 21.5 Å². The van der Waals surface area contributed by atoms with Gasteiger partial charge in [-0.3, -0.25) is 4.57 Å². The lowest BCUT2D eigenvalue weighted by molar-refractivity contribution is 0.425. The fraction of sp³-hybridized carbons (Fsp3) is 0.222. The van der Waals surface area contributed by atoms with Crippen molar-refractivity contribution in [1.29, 1.82) is 0 Å². The number of benzene rings is 1. The van der Waals surface area contributed by atoms with Gasteiger partial charge in [0.1, 0.15) is 0 Å². The summed E-state index contributed by atoms with van der Waals surface area (Å²) in [5.41, 5.74) is 0.740. The fourth-order valence-electron chi connectivity index (χ4n) is 2.80. The Kier molecular flexibility index (Phi) is 4.47. The van der Waals surface area contributed by atoms with Gasteiger partial charge in [0.2, 0.25) is 0 Å². The van der Waals surface area contributed by atoms with E-state index in [4.69, 9.17) is 16.1 Å². The van der Waals surface area contributed by atoms with E-state index in [0.717, 1.165) is 21.4 Å². The topological polar surface area (TPSA) is 69.6 Å². The highest BCUT2D eigenvalue weighted by molar-refractivity contribution is 7.98. The van der Waals surface area contributed by atoms with Crippen molar-refractivity contribution in [2.24, 2.45) is 0 Å². The molecule has 0 spiro atoms. The summed E-state index contributed by atoms with van der Waals surface area (Å²) < 4.78 is 7.62. The minimum absolute atomic E-state index is 0.430. The number of thioether (sulfide) groups is 1.